The lowest BCUT2D eigenvalue weighted by atomic mass is 9.78. The summed E-state index contributed by atoms with van der Waals surface area (Å²) in [5.41, 5.74) is -1.82. The van der Waals surface area contributed by atoms with Crippen LogP contribution in [0.1, 0.15) is 57.2 Å². The highest BCUT2D eigenvalue weighted by Crippen LogP contribution is 2.44. The molecule has 238 valence electrons. The minimum Gasteiger partial charge on any atom is -0.406 e. The zero-order chi connectivity index (χ0) is 31.6. The van der Waals surface area contributed by atoms with Gasteiger partial charge in [0.1, 0.15) is 11.9 Å². The summed E-state index contributed by atoms with van der Waals surface area (Å²) in [4.78, 5) is 13.7. The first-order chi connectivity index (χ1) is 19.9. The van der Waals surface area contributed by atoms with Crippen molar-refractivity contribution in [3.05, 3.63) is 65.2 Å². The third kappa shape index (κ3) is 8.84. The molecule has 2 aromatic carbocycles. The van der Waals surface area contributed by atoms with Crippen LogP contribution in [0.2, 0.25) is 0 Å². The molecule has 0 bridgehead atoms. The van der Waals surface area contributed by atoms with Gasteiger partial charge in [-0.2, -0.15) is 13.2 Å². The second-order valence-corrected chi connectivity index (χ2v) is 11.7. The Morgan fingerprint density at radius 2 is 1.65 bits per heavy atom. The van der Waals surface area contributed by atoms with Crippen molar-refractivity contribution >= 4 is 5.91 Å². The monoisotopic (exact) mass is 619 g/mol. The van der Waals surface area contributed by atoms with Crippen LogP contribution in [0, 0.1) is 5.92 Å². The maximum Gasteiger partial charge on any atom is 0.573 e. The molecule has 0 unspecified atom stereocenters. The number of hydrogen-bond acceptors (Lipinski definition) is 6. The highest BCUT2D eigenvalue weighted by molar-refractivity contribution is 5.85. The Balaban J connectivity index is 1.60. The first-order valence-corrected chi connectivity index (χ1v) is 13.8. The van der Waals surface area contributed by atoms with Gasteiger partial charge in [-0.3, -0.25) is 4.79 Å². The molecule has 13 heteroatoms. The number of ether oxygens (including phenoxy) is 5. The third-order valence-corrected chi connectivity index (χ3v) is 7.10. The van der Waals surface area contributed by atoms with E-state index in [0.29, 0.717) is 12.1 Å². The van der Waals surface area contributed by atoms with Crippen molar-refractivity contribution in [3.8, 4) is 5.75 Å². The van der Waals surface area contributed by atoms with Gasteiger partial charge in [0.25, 0.3) is 5.91 Å². The van der Waals surface area contributed by atoms with Crippen molar-refractivity contribution in [2.75, 3.05) is 6.54 Å². The van der Waals surface area contributed by atoms with Crippen LogP contribution in [0.4, 0.5) is 26.3 Å². The fourth-order valence-electron chi connectivity index (χ4n) is 5.26. The third-order valence-electron chi connectivity index (χ3n) is 7.10. The molecular weight excluding hydrogens is 584 g/mol. The van der Waals surface area contributed by atoms with Crippen molar-refractivity contribution in [1.82, 2.24) is 5.32 Å². The molecule has 2 fully saturated rings. The van der Waals surface area contributed by atoms with E-state index in [2.05, 4.69) is 10.1 Å². The number of fused-ring (bicyclic) bond motifs is 1. The fourth-order valence-corrected chi connectivity index (χ4v) is 5.26. The largest absolute Gasteiger partial charge is 0.573 e. The van der Waals surface area contributed by atoms with E-state index >= 15 is 0 Å². The van der Waals surface area contributed by atoms with E-state index in [1.165, 1.54) is 24.3 Å². The van der Waals surface area contributed by atoms with Gasteiger partial charge in [0, 0.05) is 19.4 Å². The Kier molecular flexibility index (Phi) is 9.70. The molecule has 43 heavy (non-hydrogen) atoms. The second-order valence-electron chi connectivity index (χ2n) is 11.7. The molecule has 1 N–H and O–H groups in total. The van der Waals surface area contributed by atoms with Gasteiger partial charge in [0.15, 0.2) is 11.4 Å². The molecule has 7 nitrogen and oxygen atoms in total. The van der Waals surface area contributed by atoms with Crippen LogP contribution in [0.15, 0.2) is 48.5 Å². The van der Waals surface area contributed by atoms with Crippen molar-refractivity contribution in [2.24, 2.45) is 5.92 Å². The summed E-state index contributed by atoms with van der Waals surface area (Å²) in [5.74, 6) is -1.83. The van der Waals surface area contributed by atoms with E-state index in [0.717, 1.165) is 18.2 Å². The topological polar surface area (TPSA) is 75.3 Å². The lowest BCUT2D eigenvalue weighted by Crippen LogP contribution is -2.60. The number of halogens is 6. The smallest absolute Gasteiger partial charge is 0.406 e. The molecule has 0 radical (unpaired) electrons. The minimum atomic E-state index is -4.86. The molecule has 1 amide bonds. The number of benzene rings is 2. The highest BCUT2D eigenvalue weighted by Gasteiger charge is 2.58. The number of alkyl halides is 6. The number of carbonyl (C=O) groups excluding carboxylic acids is 1. The Hall–Kier alpha value is -2.87. The molecule has 4 atom stereocenters. The summed E-state index contributed by atoms with van der Waals surface area (Å²) < 4.78 is 107. The molecule has 1 heterocycles. The lowest BCUT2D eigenvalue weighted by Gasteiger charge is -2.43. The van der Waals surface area contributed by atoms with Crippen LogP contribution in [0.5, 0.6) is 5.75 Å². The molecule has 1 saturated carbocycles. The van der Waals surface area contributed by atoms with E-state index in [1.54, 1.807) is 19.9 Å². The summed E-state index contributed by atoms with van der Waals surface area (Å²) in [5, 5.41) is 2.87. The first kappa shape index (κ1) is 33.0. The average Bonchev–Trinajstić information content (AvgIpc) is 3.21. The van der Waals surface area contributed by atoms with Gasteiger partial charge in [0.05, 0.1) is 31.0 Å². The zero-order valence-corrected chi connectivity index (χ0v) is 24.2. The standard InChI is InChI=1S/C30H35F6NO6/c1-18(2)15-37-26(38)28(40-17-19-7-5-9-21(11-19)29(31,32)33)13-23(25-24(14-28)42-27(3,4)43-25)39-16-20-8-6-10-22(12-20)41-30(34,35)36/h5-12,18,23-25H,13-17H2,1-4H3,(H,37,38)/t23-,24-,25+,28-/m1/s1. The Labute approximate surface area is 245 Å². The normalized spacial score (nSPS) is 25.4. The van der Waals surface area contributed by atoms with Crippen molar-refractivity contribution in [1.29, 1.82) is 0 Å². The predicted octanol–water partition coefficient (Wildman–Crippen LogP) is 6.53. The quantitative estimate of drug-likeness (QED) is 0.305. The van der Waals surface area contributed by atoms with Crippen LogP contribution in [0.25, 0.3) is 0 Å². The Morgan fingerprint density at radius 1 is 0.977 bits per heavy atom. The minimum absolute atomic E-state index is 0.0404. The average molecular weight is 620 g/mol. The van der Waals surface area contributed by atoms with Crippen LogP contribution in [0.3, 0.4) is 0 Å². The summed E-state index contributed by atoms with van der Waals surface area (Å²) >= 11 is 0. The van der Waals surface area contributed by atoms with Crippen LogP contribution >= 0.6 is 0 Å². The van der Waals surface area contributed by atoms with Gasteiger partial charge >= 0.3 is 12.5 Å². The summed E-state index contributed by atoms with van der Waals surface area (Å²) in [6.45, 7) is 7.09. The molecule has 0 aromatic heterocycles. The summed E-state index contributed by atoms with van der Waals surface area (Å²) in [6, 6.07) is 9.96. The number of hydrogen-bond donors (Lipinski definition) is 1. The van der Waals surface area contributed by atoms with Crippen LogP contribution in [-0.4, -0.2) is 48.5 Å². The Bertz CT molecular complexity index is 1270. The lowest BCUT2D eigenvalue weighted by molar-refractivity contribution is -0.274. The van der Waals surface area contributed by atoms with Crippen molar-refractivity contribution < 1.29 is 54.8 Å². The second kappa shape index (κ2) is 12.6. The molecule has 1 saturated heterocycles. The maximum atomic E-state index is 13.7. The van der Waals surface area contributed by atoms with Gasteiger partial charge in [-0.25, -0.2) is 0 Å². The number of rotatable bonds is 10. The molecule has 1 aliphatic carbocycles. The fraction of sp³-hybridized carbons (Fsp3) is 0.567. The van der Waals surface area contributed by atoms with E-state index in [-0.39, 0.29) is 37.5 Å². The Morgan fingerprint density at radius 3 is 2.30 bits per heavy atom. The summed E-state index contributed by atoms with van der Waals surface area (Å²) in [6.07, 6.45) is -11.6. The van der Waals surface area contributed by atoms with E-state index in [1.807, 2.05) is 13.8 Å². The SMILES string of the molecule is CC(C)CNC(=O)[C@@]1(OCc2cccc(C(F)(F)F)c2)C[C@@H](OCc2cccc(OC(F)(F)F)c2)[C@@H]2OC(C)(C)O[C@@H]2C1. The van der Waals surface area contributed by atoms with Gasteiger partial charge in [0.2, 0.25) is 0 Å². The van der Waals surface area contributed by atoms with Gasteiger partial charge in [-0.15, -0.1) is 13.2 Å². The van der Waals surface area contributed by atoms with Crippen molar-refractivity contribution in [2.45, 2.75) is 96.0 Å². The van der Waals surface area contributed by atoms with Crippen LogP contribution in [-0.2, 0) is 43.1 Å². The van der Waals surface area contributed by atoms with E-state index in [9.17, 15) is 31.1 Å². The maximum absolute atomic E-state index is 13.7. The van der Waals surface area contributed by atoms with Crippen molar-refractivity contribution in [3.63, 3.8) is 0 Å². The van der Waals surface area contributed by atoms with Gasteiger partial charge in [-0.1, -0.05) is 38.1 Å². The van der Waals surface area contributed by atoms with E-state index < -0.39 is 59.5 Å². The molecule has 1 aliphatic heterocycles. The van der Waals surface area contributed by atoms with E-state index in [4.69, 9.17) is 18.9 Å². The number of amides is 1. The first-order valence-electron chi connectivity index (χ1n) is 13.8. The zero-order valence-electron chi connectivity index (χ0n) is 24.2. The number of carbonyl (C=O) groups is 1. The summed E-state index contributed by atoms with van der Waals surface area (Å²) in [7, 11) is 0. The molecule has 2 aromatic rings. The molecular formula is C30H35F6NO6. The van der Waals surface area contributed by atoms with Gasteiger partial charge in [-0.05, 0) is 55.2 Å². The van der Waals surface area contributed by atoms with Gasteiger partial charge < -0.3 is 29.0 Å². The number of nitrogens with one attached hydrogen (secondary N) is 1. The molecule has 0 spiro atoms. The highest BCUT2D eigenvalue weighted by atomic mass is 19.4. The van der Waals surface area contributed by atoms with Crippen LogP contribution < -0.4 is 10.1 Å². The predicted molar refractivity (Wildman–Crippen MR) is 142 cm³/mol. The molecule has 4 rings (SSSR count). The molecule has 2 aliphatic rings.